The summed E-state index contributed by atoms with van der Waals surface area (Å²) in [6.07, 6.45) is 2.61. The second-order valence-electron chi connectivity index (χ2n) is 4.04. The molecule has 0 bridgehead atoms. The fraction of sp³-hybridized carbons (Fsp3) is 0.333. The summed E-state index contributed by atoms with van der Waals surface area (Å²) >= 11 is 1.80. The van der Waals surface area contributed by atoms with Crippen LogP contribution < -0.4 is 5.73 Å². The standard InChI is InChI=1S/C12H13NS/c13-12(8-4-5-8)10-2-1-3-11-9(10)6-7-14-11/h1-3,6-8,12H,4-5,13H2/t12-/m1/s1. The molecule has 3 rings (SSSR count). The molecule has 0 radical (unpaired) electrons. The van der Waals surface area contributed by atoms with Gasteiger partial charge in [0.1, 0.15) is 0 Å². The van der Waals surface area contributed by atoms with Gasteiger partial charge in [-0.2, -0.15) is 0 Å². The quantitative estimate of drug-likeness (QED) is 0.796. The molecule has 2 aromatic rings. The molecular formula is C12H13NS. The summed E-state index contributed by atoms with van der Waals surface area (Å²) < 4.78 is 1.36. The lowest BCUT2D eigenvalue weighted by Gasteiger charge is -2.11. The smallest absolute Gasteiger partial charge is 0.0346 e. The Balaban J connectivity index is 2.14. The van der Waals surface area contributed by atoms with E-state index in [1.165, 1.54) is 28.5 Å². The van der Waals surface area contributed by atoms with Crippen LogP contribution in [-0.4, -0.2) is 0 Å². The summed E-state index contributed by atoms with van der Waals surface area (Å²) in [5, 5.41) is 3.50. The third-order valence-electron chi connectivity index (χ3n) is 3.02. The van der Waals surface area contributed by atoms with Gasteiger partial charge in [0.05, 0.1) is 0 Å². The van der Waals surface area contributed by atoms with Crippen LogP contribution in [0, 0.1) is 5.92 Å². The fourth-order valence-corrected chi connectivity index (χ4v) is 2.84. The van der Waals surface area contributed by atoms with Gasteiger partial charge in [-0.15, -0.1) is 11.3 Å². The predicted octanol–water partition coefficient (Wildman–Crippen LogP) is 3.31. The minimum Gasteiger partial charge on any atom is -0.324 e. The van der Waals surface area contributed by atoms with Gasteiger partial charge >= 0.3 is 0 Å². The average Bonchev–Trinajstić information content (AvgIpc) is 2.94. The number of nitrogens with two attached hydrogens (primary N) is 1. The van der Waals surface area contributed by atoms with Gasteiger partial charge in [0.2, 0.25) is 0 Å². The molecule has 1 nitrogen and oxygen atoms in total. The van der Waals surface area contributed by atoms with E-state index in [-0.39, 0.29) is 6.04 Å². The molecule has 1 saturated carbocycles. The largest absolute Gasteiger partial charge is 0.324 e. The van der Waals surface area contributed by atoms with Gasteiger partial charge in [0.15, 0.2) is 0 Å². The van der Waals surface area contributed by atoms with E-state index >= 15 is 0 Å². The number of thiophene rings is 1. The van der Waals surface area contributed by atoms with Crippen LogP contribution >= 0.6 is 11.3 Å². The van der Waals surface area contributed by atoms with Crippen molar-refractivity contribution in [2.24, 2.45) is 11.7 Å². The maximum absolute atomic E-state index is 6.23. The Kier molecular flexibility index (Phi) is 1.85. The van der Waals surface area contributed by atoms with Crippen LogP contribution in [0.2, 0.25) is 0 Å². The van der Waals surface area contributed by atoms with Crippen molar-refractivity contribution in [2.45, 2.75) is 18.9 Å². The predicted molar refractivity (Wildman–Crippen MR) is 61.5 cm³/mol. The second-order valence-corrected chi connectivity index (χ2v) is 4.99. The Bertz CT molecular complexity index is 456. The van der Waals surface area contributed by atoms with E-state index in [9.17, 15) is 0 Å². The molecule has 0 aliphatic heterocycles. The zero-order chi connectivity index (χ0) is 9.54. The lowest BCUT2D eigenvalue weighted by Crippen LogP contribution is -2.12. The van der Waals surface area contributed by atoms with Crippen LogP contribution in [0.25, 0.3) is 10.1 Å². The maximum atomic E-state index is 6.23. The Morgan fingerprint density at radius 2 is 2.14 bits per heavy atom. The summed E-state index contributed by atoms with van der Waals surface area (Å²) in [5.41, 5.74) is 7.57. The molecule has 1 aromatic heterocycles. The molecule has 2 heteroatoms. The van der Waals surface area contributed by atoms with E-state index < -0.39 is 0 Å². The van der Waals surface area contributed by atoms with E-state index in [0.29, 0.717) is 0 Å². The zero-order valence-electron chi connectivity index (χ0n) is 7.94. The first-order valence-electron chi connectivity index (χ1n) is 5.08. The minimum absolute atomic E-state index is 0.258. The van der Waals surface area contributed by atoms with Gasteiger partial charge in [-0.25, -0.2) is 0 Å². The molecule has 0 amide bonds. The number of fused-ring (bicyclic) bond motifs is 1. The molecule has 1 heterocycles. The first-order valence-corrected chi connectivity index (χ1v) is 5.96. The lowest BCUT2D eigenvalue weighted by molar-refractivity contribution is 0.638. The normalized spacial score (nSPS) is 18.6. The van der Waals surface area contributed by atoms with Crippen LogP contribution in [0.1, 0.15) is 24.4 Å². The highest BCUT2D eigenvalue weighted by Gasteiger charge is 2.30. The van der Waals surface area contributed by atoms with Gasteiger partial charge in [0.25, 0.3) is 0 Å². The van der Waals surface area contributed by atoms with E-state index in [2.05, 4.69) is 29.6 Å². The molecular weight excluding hydrogens is 190 g/mol. The first-order chi connectivity index (χ1) is 6.86. The van der Waals surface area contributed by atoms with Crippen molar-refractivity contribution in [3.63, 3.8) is 0 Å². The Hall–Kier alpha value is -0.860. The van der Waals surface area contributed by atoms with Crippen LogP contribution in [0.4, 0.5) is 0 Å². The number of hydrogen-bond acceptors (Lipinski definition) is 2. The number of hydrogen-bond donors (Lipinski definition) is 1. The van der Waals surface area contributed by atoms with Crippen molar-refractivity contribution in [3.05, 3.63) is 35.2 Å². The van der Waals surface area contributed by atoms with Crippen molar-refractivity contribution in [1.82, 2.24) is 0 Å². The van der Waals surface area contributed by atoms with E-state index in [4.69, 9.17) is 5.73 Å². The van der Waals surface area contributed by atoms with Crippen molar-refractivity contribution in [2.75, 3.05) is 0 Å². The van der Waals surface area contributed by atoms with E-state index in [1.807, 2.05) is 0 Å². The number of rotatable bonds is 2. The highest BCUT2D eigenvalue weighted by molar-refractivity contribution is 7.17. The Labute approximate surface area is 87.5 Å². The first kappa shape index (κ1) is 8.45. The SMILES string of the molecule is N[C@@H](c1cccc2sccc12)C1CC1. The summed E-state index contributed by atoms with van der Waals surface area (Å²) in [6.45, 7) is 0. The van der Waals surface area contributed by atoms with E-state index in [0.717, 1.165) is 5.92 Å². The summed E-state index contributed by atoms with van der Waals surface area (Å²) in [5.74, 6) is 0.737. The molecule has 1 fully saturated rings. The topological polar surface area (TPSA) is 26.0 Å². The molecule has 1 aromatic carbocycles. The minimum atomic E-state index is 0.258. The molecule has 0 unspecified atom stereocenters. The van der Waals surface area contributed by atoms with Crippen molar-refractivity contribution in [1.29, 1.82) is 0 Å². The highest BCUT2D eigenvalue weighted by atomic mass is 32.1. The van der Waals surface area contributed by atoms with Gasteiger partial charge < -0.3 is 5.73 Å². The van der Waals surface area contributed by atoms with Crippen LogP contribution in [0.3, 0.4) is 0 Å². The summed E-state index contributed by atoms with van der Waals surface area (Å²) in [6, 6.07) is 8.92. The molecule has 0 spiro atoms. The monoisotopic (exact) mass is 203 g/mol. The highest BCUT2D eigenvalue weighted by Crippen LogP contribution is 2.41. The molecule has 1 atom stereocenters. The van der Waals surface area contributed by atoms with Crippen molar-refractivity contribution < 1.29 is 0 Å². The van der Waals surface area contributed by atoms with Gasteiger partial charge in [-0.1, -0.05) is 12.1 Å². The Morgan fingerprint density at radius 1 is 1.29 bits per heavy atom. The third kappa shape index (κ3) is 1.26. The average molecular weight is 203 g/mol. The van der Waals surface area contributed by atoms with Crippen molar-refractivity contribution >= 4 is 21.4 Å². The van der Waals surface area contributed by atoms with Crippen LogP contribution in [0.5, 0.6) is 0 Å². The van der Waals surface area contributed by atoms with Gasteiger partial charge in [-0.3, -0.25) is 0 Å². The Morgan fingerprint density at radius 3 is 2.93 bits per heavy atom. The van der Waals surface area contributed by atoms with Crippen molar-refractivity contribution in [3.8, 4) is 0 Å². The molecule has 0 saturated heterocycles. The van der Waals surface area contributed by atoms with Crippen LogP contribution in [-0.2, 0) is 0 Å². The molecule has 14 heavy (non-hydrogen) atoms. The molecule has 1 aliphatic rings. The van der Waals surface area contributed by atoms with E-state index in [1.54, 1.807) is 11.3 Å². The fourth-order valence-electron chi connectivity index (χ4n) is 2.02. The summed E-state index contributed by atoms with van der Waals surface area (Å²) in [4.78, 5) is 0. The van der Waals surface area contributed by atoms with Gasteiger partial charge in [-0.05, 0) is 47.2 Å². The molecule has 72 valence electrons. The maximum Gasteiger partial charge on any atom is 0.0346 e. The lowest BCUT2D eigenvalue weighted by atomic mass is 10.00. The second kappa shape index (κ2) is 3.07. The molecule has 2 N–H and O–H groups in total. The molecule has 1 aliphatic carbocycles. The number of benzene rings is 1. The third-order valence-corrected chi connectivity index (χ3v) is 3.90. The van der Waals surface area contributed by atoms with Crippen LogP contribution in [0.15, 0.2) is 29.6 Å². The van der Waals surface area contributed by atoms with Gasteiger partial charge in [0, 0.05) is 10.7 Å². The zero-order valence-corrected chi connectivity index (χ0v) is 8.76. The summed E-state index contributed by atoms with van der Waals surface area (Å²) in [7, 11) is 0.